The zero-order chi connectivity index (χ0) is 31.5. The maximum atomic E-state index is 13.7. The lowest BCUT2D eigenvalue weighted by Crippen LogP contribution is -2.59. The average Bonchev–Trinajstić information content (AvgIpc) is 3.30. The lowest BCUT2D eigenvalue weighted by atomic mass is 10.0. The van der Waals surface area contributed by atoms with Gasteiger partial charge in [0.25, 0.3) is 5.91 Å². The molecule has 0 unspecified atom stereocenters. The van der Waals surface area contributed by atoms with Gasteiger partial charge in [0.15, 0.2) is 0 Å². The van der Waals surface area contributed by atoms with Crippen molar-refractivity contribution in [1.29, 1.82) is 0 Å². The number of alkyl carbamates (subject to hydrolysis) is 1. The Morgan fingerprint density at radius 1 is 1.07 bits per heavy atom. The van der Waals surface area contributed by atoms with Crippen molar-refractivity contribution in [1.82, 2.24) is 24.6 Å². The van der Waals surface area contributed by atoms with Crippen molar-refractivity contribution < 1.29 is 32.3 Å². The summed E-state index contributed by atoms with van der Waals surface area (Å²) < 4.78 is 35.2. The molecule has 1 aliphatic carbocycles. The largest absolute Gasteiger partial charge is 0.444 e. The van der Waals surface area contributed by atoms with E-state index in [0.717, 1.165) is 19.3 Å². The molecule has 0 aromatic heterocycles. The second-order valence-electron chi connectivity index (χ2n) is 13.2. The van der Waals surface area contributed by atoms with Crippen molar-refractivity contribution in [3.8, 4) is 0 Å². The number of nitrogens with zero attached hydrogens (tertiary/aromatic N) is 2. The summed E-state index contributed by atoms with van der Waals surface area (Å²) in [4.78, 5) is 55.0. The van der Waals surface area contributed by atoms with Crippen LogP contribution in [0.5, 0.6) is 0 Å². The van der Waals surface area contributed by atoms with Crippen LogP contribution in [0.1, 0.15) is 99.8 Å². The van der Waals surface area contributed by atoms with Crippen LogP contribution in [-0.2, 0) is 29.3 Å². The van der Waals surface area contributed by atoms with E-state index >= 15 is 0 Å². The van der Waals surface area contributed by atoms with Gasteiger partial charge in [-0.3, -0.25) is 14.4 Å². The maximum absolute atomic E-state index is 13.7. The first-order chi connectivity index (χ1) is 19.5. The third-order valence-corrected chi connectivity index (χ3v) is 9.68. The first-order valence-corrected chi connectivity index (χ1v) is 16.6. The van der Waals surface area contributed by atoms with Gasteiger partial charge in [0.05, 0.1) is 0 Å². The van der Waals surface area contributed by atoms with Crippen LogP contribution >= 0.6 is 0 Å². The molecule has 2 aliphatic heterocycles. The van der Waals surface area contributed by atoms with Gasteiger partial charge in [0, 0.05) is 24.5 Å². The molecular weight excluding hydrogens is 562 g/mol. The number of hydrogen-bond acceptors (Lipinski definition) is 7. The summed E-state index contributed by atoms with van der Waals surface area (Å²) in [5, 5.41) is 5.55. The van der Waals surface area contributed by atoms with Gasteiger partial charge in [-0.05, 0) is 87.0 Å². The van der Waals surface area contributed by atoms with Gasteiger partial charge in [0.1, 0.15) is 23.2 Å². The summed E-state index contributed by atoms with van der Waals surface area (Å²) in [6, 6.07) is -2.47. The third-order valence-electron chi connectivity index (χ3n) is 7.84. The third kappa shape index (κ3) is 8.24. The lowest BCUT2D eigenvalue weighted by Gasteiger charge is -2.32. The second kappa shape index (κ2) is 13.3. The molecule has 238 valence electrons. The number of hydrogen-bond donors (Lipinski definition) is 3. The van der Waals surface area contributed by atoms with Gasteiger partial charge in [-0.2, -0.15) is 12.7 Å². The average molecular weight is 612 g/mol. The molecule has 3 rings (SSSR count). The van der Waals surface area contributed by atoms with Crippen molar-refractivity contribution >= 4 is 34.0 Å². The first-order valence-electron chi connectivity index (χ1n) is 15.1. The van der Waals surface area contributed by atoms with Crippen LogP contribution in [0, 0.1) is 5.92 Å². The van der Waals surface area contributed by atoms with E-state index in [2.05, 4.69) is 15.4 Å². The molecule has 4 amide bonds. The fourth-order valence-corrected chi connectivity index (χ4v) is 7.59. The highest BCUT2D eigenvalue weighted by Crippen LogP contribution is 2.45. The molecule has 42 heavy (non-hydrogen) atoms. The van der Waals surface area contributed by atoms with Gasteiger partial charge in [0.2, 0.25) is 11.8 Å². The molecule has 0 bridgehead atoms. The molecule has 0 aromatic carbocycles. The number of fused-ring (bicyclic) bond motifs is 2. The Labute approximate surface area is 250 Å². The number of nitrogens with one attached hydrogen (secondary N) is 3. The summed E-state index contributed by atoms with van der Waals surface area (Å²) in [6.45, 7) is 12.5. The van der Waals surface area contributed by atoms with Crippen LogP contribution < -0.4 is 15.4 Å². The van der Waals surface area contributed by atoms with Gasteiger partial charge < -0.3 is 20.3 Å². The van der Waals surface area contributed by atoms with E-state index in [1.165, 1.54) is 9.21 Å². The minimum absolute atomic E-state index is 0.253. The fourth-order valence-electron chi connectivity index (χ4n) is 5.96. The number of amides is 4. The summed E-state index contributed by atoms with van der Waals surface area (Å²) in [6.07, 6.45) is 7.83. The molecule has 2 fully saturated rings. The van der Waals surface area contributed by atoms with Crippen LogP contribution in [0.4, 0.5) is 4.79 Å². The normalized spacial score (nSPS) is 28.3. The second-order valence-corrected chi connectivity index (χ2v) is 14.8. The molecule has 0 radical (unpaired) electrons. The van der Waals surface area contributed by atoms with E-state index in [-0.39, 0.29) is 30.3 Å². The van der Waals surface area contributed by atoms with E-state index in [1.54, 1.807) is 48.5 Å². The SMILES string of the molecule is CC(C)N(C(C)C)S(=O)(=O)NC(=O)[C@@]12C[C@H]1/C=C\CCCCC[C@H](NC(=O)OC(C)(C)C)C(=O)N1CCC[C@H]1C(=O)N2. The van der Waals surface area contributed by atoms with E-state index in [4.69, 9.17) is 4.74 Å². The van der Waals surface area contributed by atoms with Crippen LogP contribution in [0.25, 0.3) is 0 Å². The zero-order valence-corrected chi connectivity index (χ0v) is 26.9. The Morgan fingerprint density at radius 3 is 2.36 bits per heavy atom. The van der Waals surface area contributed by atoms with Crippen molar-refractivity contribution in [2.75, 3.05) is 6.54 Å². The van der Waals surface area contributed by atoms with Gasteiger partial charge >= 0.3 is 16.3 Å². The van der Waals surface area contributed by atoms with Crippen LogP contribution in [0.15, 0.2) is 12.2 Å². The standard InChI is InChI=1S/C29H49N5O7S/c1-19(2)34(20(3)4)42(39,40)32-26(37)29-18-21(29)14-11-9-8-10-12-15-22(30-27(38)41-28(5,6)7)25(36)33-17-13-16-23(33)24(35)31-29/h11,14,19-23H,8-10,12-13,15-18H2,1-7H3,(H,30,38)(H,31,35)(H,32,37)/b14-11-/t21-,22+,23+,29-/m1/s1. The summed E-state index contributed by atoms with van der Waals surface area (Å²) >= 11 is 0. The minimum Gasteiger partial charge on any atom is -0.444 e. The lowest BCUT2D eigenvalue weighted by molar-refractivity contribution is -0.141. The monoisotopic (exact) mass is 611 g/mol. The molecular formula is C29H49N5O7S. The number of rotatable bonds is 6. The van der Waals surface area contributed by atoms with Gasteiger partial charge in [-0.15, -0.1) is 0 Å². The Morgan fingerprint density at radius 2 is 1.74 bits per heavy atom. The van der Waals surface area contributed by atoms with E-state index in [0.29, 0.717) is 32.2 Å². The highest BCUT2D eigenvalue weighted by Gasteiger charge is 2.61. The van der Waals surface area contributed by atoms with Crippen molar-refractivity contribution in [2.45, 2.75) is 135 Å². The van der Waals surface area contributed by atoms with Crippen LogP contribution in [0.2, 0.25) is 0 Å². The Bertz CT molecular complexity index is 1160. The Balaban J connectivity index is 1.86. The van der Waals surface area contributed by atoms with Gasteiger partial charge in [-0.1, -0.05) is 25.0 Å². The first kappa shape index (κ1) is 33.8. The highest BCUT2D eigenvalue weighted by atomic mass is 32.2. The van der Waals surface area contributed by atoms with Crippen molar-refractivity contribution in [3.63, 3.8) is 0 Å². The number of ether oxygens (including phenoxy) is 1. The van der Waals surface area contributed by atoms with Crippen molar-refractivity contribution in [2.24, 2.45) is 5.92 Å². The molecule has 12 nitrogen and oxygen atoms in total. The maximum Gasteiger partial charge on any atom is 0.408 e. The number of carbonyl (C=O) groups excluding carboxylic acids is 4. The topological polar surface area (TPSA) is 154 Å². The molecule has 13 heteroatoms. The van der Waals surface area contributed by atoms with Crippen molar-refractivity contribution in [3.05, 3.63) is 12.2 Å². The molecule has 4 atom stereocenters. The summed E-state index contributed by atoms with van der Waals surface area (Å²) in [5.41, 5.74) is -2.17. The molecule has 3 aliphatic rings. The number of carbonyl (C=O) groups is 4. The predicted molar refractivity (Wildman–Crippen MR) is 158 cm³/mol. The molecule has 1 saturated heterocycles. The van der Waals surface area contributed by atoms with Gasteiger partial charge in [-0.25, -0.2) is 9.52 Å². The zero-order valence-electron chi connectivity index (χ0n) is 26.1. The smallest absolute Gasteiger partial charge is 0.408 e. The van der Waals surface area contributed by atoms with E-state index < -0.39 is 51.3 Å². The number of allylic oxidation sites excluding steroid dienone is 1. The summed E-state index contributed by atoms with van der Waals surface area (Å²) in [5.74, 6) is -2.05. The molecule has 0 spiro atoms. The van der Waals surface area contributed by atoms with E-state index in [9.17, 15) is 27.6 Å². The summed E-state index contributed by atoms with van der Waals surface area (Å²) in [7, 11) is -4.18. The fraction of sp³-hybridized carbons (Fsp3) is 0.793. The molecule has 0 aromatic rings. The van der Waals surface area contributed by atoms with Crippen LogP contribution in [-0.4, -0.2) is 83.3 Å². The Kier molecular flexibility index (Phi) is 10.7. The van der Waals surface area contributed by atoms with Crippen LogP contribution in [0.3, 0.4) is 0 Å². The predicted octanol–water partition coefficient (Wildman–Crippen LogP) is 2.75. The minimum atomic E-state index is -4.18. The molecule has 1 saturated carbocycles. The highest BCUT2D eigenvalue weighted by molar-refractivity contribution is 7.87. The quantitative estimate of drug-likeness (QED) is 0.390. The molecule has 2 heterocycles. The molecule has 3 N–H and O–H groups in total. The van der Waals surface area contributed by atoms with E-state index in [1.807, 2.05) is 12.2 Å². The Hall–Kier alpha value is -2.67.